The summed E-state index contributed by atoms with van der Waals surface area (Å²) in [5.74, 6) is 0.0109. The summed E-state index contributed by atoms with van der Waals surface area (Å²) >= 11 is 5.77. The van der Waals surface area contributed by atoms with Gasteiger partial charge in [-0.2, -0.15) is 0 Å². The summed E-state index contributed by atoms with van der Waals surface area (Å²) in [7, 11) is 0. The highest BCUT2D eigenvalue weighted by atomic mass is 35.5. The molecule has 4 heteroatoms. The van der Waals surface area contributed by atoms with Gasteiger partial charge in [0.25, 0.3) is 0 Å². The van der Waals surface area contributed by atoms with E-state index < -0.39 is 0 Å². The first kappa shape index (κ1) is 12.8. The van der Waals surface area contributed by atoms with Crippen LogP contribution < -0.4 is 10.6 Å². The molecule has 16 heavy (non-hydrogen) atoms. The molecule has 0 aliphatic heterocycles. The lowest BCUT2D eigenvalue weighted by Crippen LogP contribution is -2.37. The minimum Gasteiger partial charge on any atom is -0.374 e. The lowest BCUT2D eigenvalue weighted by molar-refractivity contribution is -0.121. The summed E-state index contributed by atoms with van der Waals surface area (Å²) in [5.41, 5.74) is 0.892. The van der Waals surface area contributed by atoms with Gasteiger partial charge in [0, 0.05) is 17.3 Å². The first-order chi connectivity index (χ1) is 7.63. The number of carbonyl (C=O) groups excluding carboxylic acids is 1. The summed E-state index contributed by atoms with van der Waals surface area (Å²) in [6.07, 6.45) is 0.944. The van der Waals surface area contributed by atoms with Crippen LogP contribution in [0.3, 0.4) is 0 Å². The van der Waals surface area contributed by atoms with Crippen molar-refractivity contribution in [3.63, 3.8) is 0 Å². The van der Waals surface area contributed by atoms with Gasteiger partial charge in [0.2, 0.25) is 5.91 Å². The zero-order valence-corrected chi connectivity index (χ0v) is 10.3. The smallest absolute Gasteiger partial charge is 0.242 e. The molecule has 0 heterocycles. The summed E-state index contributed by atoms with van der Waals surface area (Å²) in [6.45, 7) is 4.57. The third-order valence-electron chi connectivity index (χ3n) is 2.17. The largest absolute Gasteiger partial charge is 0.374 e. The van der Waals surface area contributed by atoms with E-state index in [0.717, 1.165) is 12.1 Å². The van der Waals surface area contributed by atoms with E-state index in [9.17, 15) is 4.79 Å². The average Bonchev–Trinajstić information content (AvgIpc) is 2.29. The standard InChI is InChI=1S/C12H17ClN2O/c1-3-8-14-12(16)9(2)15-11-6-4-10(13)5-7-11/h4-7,9,15H,3,8H2,1-2H3,(H,14,16). The normalized spacial score (nSPS) is 11.9. The summed E-state index contributed by atoms with van der Waals surface area (Å²) in [6, 6.07) is 7.05. The van der Waals surface area contributed by atoms with Crippen molar-refractivity contribution in [1.82, 2.24) is 5.32 Å². The number of rotatable bonds is 5. The molecule has 0 fully saturated rings. The highest BCUT2D eigenvalue weighted by molar-refractivity contribution is 6.30. The Balaban J connectivity index is 2.47. The van der Waals surface area contributed by atoms with E-state index >= 15 is 0 Å². The van der Waals surface area contributed by atoms with Gasteiger partial charge in [-0.15, -0.1) is 0 Å². The number of nitrogens with one attached hydrogen (secondary N) is 2. The fourth-order valence-electron chi connectivity index (χ4n) is 1.26. The van der Waals surface area contributed by atoms with Crippen molar-refractivity contribution in [2.45, 2.75) is 26.3 Å². The molecule has 0 spiro atoms. The van der Waals surface area contributed by atoms with Crippen LogP contribution in [-0.2, 0) is 4.79 Å². The molecule has 0 aliphatic carbocycles. The van der Waals surface area contributed by atoms with Crippen molar-refractivity contribution in [3.05, 3.63) is 29.3 Å². The Labute approximate surface area is 101 Å². The van der Waals surface area contributed by atoms with Crippen molar-refractivity contribution < 1.29 is 4.79 Å². The predicted octanol–water partition coefficient (Wildman–Crippen LogP) is 2.67. The van der Waals surface area contributed by atoms with Crippen LogP contribution in [-0.4, -0.2) is 18.5 Å². The van der Waals surface area contributed by atoms with E-state index in [-0.39, 0.29) is 11.9 Å². The molecule has 0 saturated heterocycles. The van der Waals surface area contributed by atoms with Gasteiger partial charge in [-0.1, -0.05) is 18.5 Å². The van der Waals surface area contributed by atoms with Crippen LogP contribution in [0.2, 0.25) is 5.02 Å². The van der Waals surface area contributed by atoms with Crippen molar-refractivity contribution in [3.8, 4) is 0 Å². The van der Waals surface area contributed by atoms with Gasteiger partial charge in [-0.05, 0) is 37.6 Å². The molecule has 3 nitrogen and oxygen atoms in total. The van der Waals surface area contributed by atoms with Gasteiger partial charge in [-0.3, -0.25) is 4.79 Å². The predicted molar refractivity (Wildman–Crippen MR) is 67.8 cm³/mol. The number of amides is 1. The second-order valence-electron chi connectivity index (χ2n) is 3.66. The molecular weight excluding hydrogens is 224 g/mol. The third kappa shape index (κ3) is 4.11. The van der Waals surface area contributed by atoms with Crippen LogP contribution in [0.4, 0.5) is 5.69 Å². The first-order valence-corrected chi connectivity index (χ1v) is 5.81. The van der Waals surface area contributed by atoms with E-state index in [1.807, 2.05) is 26.0 Å². The number of carbonyl (C=O) groups is 1. The zero-order valence-electron chi connectivity index (χ0n) is 9.59. The maximum atomic E-state index is 11.6. The fraction of sp³-hybridized carbons (Fsp3) is 0.417. The van der Waals surface area contributed by atoms with E-state index in [0.29, 0.717) is 11.6 Å². The van der Waals surface area contributed by atoms with Gasteiger partial charge in [-0.25, -0.2) is 0 Å². The van der Waals surface area contributed by atoms with E-state index in [4.69, 9.17) is 11.6 Å². The molecule has 0 aliphatic rings. The highest BCUT2D eigenvalue weighted by Crippen LogP contribution is 2.14. The molecule has 88 valence electrons. The minimum absolute atomic E-state index is 0.0109. The minimum atomic E-state index is -0.243. The Bertz CT molecular complexity index is 337. The van der Waals surface area contributed by atoms with Crippen molar-refractivity contribution in [2.75, 3.05) is 11.9 Å². The van der Waals surface area contributed by atoms with Gasteiger partial charge < -0.3 is 10.6 Å². The van der Waals surface area contributed by atoms with Gasteiger partial charge in [0.05, 0.1) is 0 Å². The van der Waals surface area contributed by atoms with Crippen LogP contribution in [0, 0.1) is 0 Å². The molecule has 0 bridgehead atoms. The number of hydrogen-bond donors (Lipinski definition) is 2. The molecule has 0 radical (unpaired) electrons. The van der Waals surface area contributed by atoms with Crippen LogP contribution in [0.25, 0.3) is 0 Å². The molecule has 2 N–H and O–H groups in total. The molecule has 0 saturated carbocycles. The van der Waals surface area contributed by atoms with Crippen molar-refractivity contribution in [2.24, 2.45) is 0 Å². The summed E-state index contributed by atoms with van der Waals surface area (Å²) in [5, 5.41) is 6.63. The molecule has 1 aromatic carbocycles. The molecule has 1 unspecified atom stereocenters. The van der Waals surface area contributed by atoms with E-state index in [1.54, 1.807) is 12.1 Å². The molecule has 1 rings (SSSR count). The molecule has 1 amide bonds. The summed E-state index contributed by atoms with van der Waals surface area (Å²) in [4.78, 5) is 11.6. The Kier molecular flexibility index (Phi) is 5.12. The Morgan fingerprint density at radius 2 is 2.00 bits per heavy atom. The average molecular weight is 241 g/mol. The third-order valence-corrected chi connectivity index (χ3v) is 2.42. The topological polar surface area (TPSA) is 41.1 Å². The quantitative estimate of drug-likeness (QED) is 0.831. The van der Waals surface area contributed by atoms with Gasteiger partial charge in [0.1, 0.15) is 6.04 Å². The molecule has 0 aromatic heterocycles. The Hall–Kier alpha value is -1.22. The maximum absolute atomic E-state index is 11.6. The van der Waals surface area contributed by atoms with E-state index in [2.05, 4.69) is 10.6 Å². The van der Waals surface area contributed by atoms with Crippen molar-refractivity contribution in [1.29, 1.82) is 0 Å². The van der Waals surface area contributed by atoms with Crippen LogP contribution in [0.5, 0.6) is 0 Å². The number of halogens is 1. The van der Waals surface area contributed by atoms with Gasteiger partial charge >= 0.3 is 0 Å². The number of hydrogen-bond acceptors (Lipinski definition) is 2. The van der Waals surface area contributed by atoms with Crippen molar-refractivity contribution >= 4 is 23.2 Å². The van der Waals surface area contributed by atoms with Gasteiger partial charge in [0.15, 0.2) is 0 Å². The maximum Gasteiger partial charge on any atom is 0.242 e. The molecule has 1 aromatic rings. The second-order valence-corrected chi connectivity index (χ2v) is 4.10. The Morgan fingerprint density at radius 1 is 1.38 bits per heavy atom. The highest BCUT2D eigenvalue weighted by Gasteiger charge is 2.10. The molecular formula is C12H17ClN2O. The second kappa shape index (κ2) is 6.38. The Morgan fingerprint density at radius 3 is 2.56 bits per heavy atom. The summed E-state index contributed by atoms with van der Waals surface area (Å²) < 4.78 is 0. The fourth-order valence-corrected chi connectivity index (χ4v) is 1.39. The lowest BCUT2D eigenvalue weighted by atomic mass is 10.2. The monoisotopic (exact) mass is 240 g/mol. The van der Waals surface area contributed by atoms with Crippen LogP contribution in [0.15, 0.2) is 24.3 Å². The van der Waals surface area contributed by atoms with Crippen LogP contribution in [0.1, 0.15) is 20.3 Å². The molecule has 1 atom stereocenters. The zero-order chi connectivity index (χ0) is 12.0. The number of anilines is 1. The first-order valence-electron chi connectivity index (χ1n) is 5.43. The SMILES string of the molecule is CCCNC(=O)C(C)Nc1ccc(Cl)cc1. The number of benzene rings is 1. The van der Waals surface area contributed by atoms with E-state index in [1.165, 1.54) is 0 Å². The lowest BCUT2D eigenvalue weighted by Gasteiger charge is -2.14. The van der Waals surface area contributed by atoms with Crippen LogP contribution >= 0.6 is 11.6 Å².